The highest BCUT2D eigenvalue weighted by atomic mass is 32.1. The molecule has 6 nitrogen and oxygen atoms in total. The van der Waals surface area contributed by atoms with Crippen molar-refractivity contribution >= 4 is 34.1 Å². The zero-order chi connectivity index (χ0) is 18.0. The molecule has 0 aliphatic rings. The third kappa shape index (κ3) is 3.18. The molecule has 0 aliphatic heterocycles. The van der Waals surface area contributed by atoms with Gasteiger partial charge in [0.15, 0.2) is 5.69 Å². The van der Waals surface area contributed by atoms with E-state index in [1.54, 1.807) is 29.5 Å². The van der Waals surface area contributed by atoms with Gasteiger partial charge in [0.1, 0.15) is 11.4 Å². The van der Waals surface area contributed by atoms with Crippen molar-refractivity contribution in [1.82, 2.24) is 4.57 Å². The number of para-hydroxylation sites is 2. The minimum atomic E-state index is -0.166. The number of nitrogens with zero attached hydrogens (tertiary/aromatic N) is 2. The fourth-order valence-corrected chi connectivity index (χ4v) is 3.25. The Kier molecular flexibility index (Phi) is 4.67. The van der Waals surface area contributed by atoms with E-state index in [1.807, 2.05) is 24.4 Å². The van der Waals surface area contributed by atoms with Crippen molar-refractivity contribution in [2.45, 2.75) is 13.3 Å². The van der Waals surface area contributed by atoms with Gasteiger partial charge in [-0.3, -0.25) is 4.57 Å². The van der Waals surface area contributed by atoms with Gasteiger partial charge in [-0.2, -0.15) is 0 Å². The minimum Gasteiger partial charge on any atom is -0.506 e. The number of hydrogen-bond acceptors (Lipinski definition) is 6. The molecule has 3 rings (SSSR count). The second-order valence-electron chi connectivity index (χ2n) is 5.46. The highest BCUT2D eigenvalue weighted by molar-refractivity contribution is 7.12. The second-order valence-corrected chi connectivity index (χ2v) is 6.41. The molecule has 0 aliphatic carbocycles. The summed E-state index contributed by atoms with van der Waals surface area (Å²) in [7, 11) is 1.54. The van der Waals surface area contributed by atoms with Crippen LogP contribution >= 0.6 is 11.3 Å². The van der Waals surface area contributed by atoms with Crippen LogP contribution in [0.5, 0.6) is 17.5 Å². The lowest BCUT2D eigenvalue weighted by Crippen LogP contribution is -1.95. The number of thiophene rings is 1. The number of anilines is 2. The average molecular weight is 357 g/mol. The summed E-state index contributed by atoms with van der Waals surface area (Å²) in [5, 5.41) is 35.6. The predicted molar refractivity (Wildman–Crippen MR) is 101 cm³/mol. The van der Waals surface area contributed by atoms with Gasteiger partial charge in [0, 0.05) is 11.9 Å². The number of phenols is 1. The molecule has 0 unspecified atom stereocenters. The number of rotatable bonds is 5. The molecule has 0 fully saturated rings. The molecule has 2 aromatic heterocycles. The summed E-state index contributed by atoms with van der Waals surface area (Å²) in [5.41, 5.74) is 1.68. The first-order valence-corrected chi connectivity index (χ1v) is 8.68. The standard InChI is InChI=1S/C18H19N3O3S/c1-3-11(14-9-6-10-25-14)19-15-16(18(24)21(2)17(15)23)20-12-7-4-5-8-13(12)22/h4-10,20,22-24H,3H2,1-2H3. The summed E-state index contributed by atoms with van der Waals surface area (Å²) in [5.74, 6) is -0.284. The van der Waals surface area contributed by atoms with Gasteiger partial charge in [0.05, 0.1) is 11.4 Å². The van der Waals surface area contributed by atoms with E-state index in [9.17, 15) is 15.3 Å². The summed E-state index contributed by atoms with van der Waals surface area (Å²) in [6.45, 7) is 1.98. The number of nitrogens with one attached hydrogen (secondary N) is 1. The zero-order valence-electron chi connectivity index (χ0n) is 13.9. The molecular formula is C18H19N3O3S. The van der Waals surface area contributed by atoms with E-state index in [4.69, 9.17) is 0 Å². The van der Waals surface area contributed by atoms with Crippen LogP contribution in [0.15, 0.2) is 46.8 Å². The normalized spacial score (nSPS) is 11.7. The lowest BCUT2D eigenvalue weighted by Gasteiger charge is -2.09. The van der Waals surface area contributed by atoms with Crippen LogP contribution in [0.25, 0.3) is 0 Å². The maximum Gasteiger partial charge on any atom is 0.222 e. The molecule has 3 aromatic rings. The Morgan fingerprint density at radius 2 is 1.88 bits per heavy atom. The SMILES string of the molecule is CCC(=Nc1c(Nc2ccccc2O)c(O)n(C)c1O)c1cccs1. The van der Waals surface area contributed by atoms with Crippen molar-refractivity contribution in [2.24, 2.45) is 12.0 Å². The molecule has 25 heavy (non-hydrogen) atoms. The van der Waals surface area contributed by atoms with Gasteiger partial charge in [0.25, 0.3) is 0 Å². The van der Waals surface area contributed by atoms with Crippen LogP contribution in [0.2, 0.25) is 0 Å². The van der Waals surface area contributed by atoms with Gasteiger partial charge in [-0.05, 0) is 30.0 Å². The molecule has 4 N–H and O–H groups in total. The second kappa shape index (κ2) is 6.90. The van der Waals surface area contributed by atoms with Gasteiger partial charge in [-0.15, -0.1) is 11.3 Å². The zero-order valence-corrected chi connectivity index (χ0v) is 14.7. The maximum absolute atomic E-state index is 10.4. The van der Waals surface area contributed by atoms with Crippen molar-refractivity contribution in [2.75, 3.05) is 5.32 Å². The number of phenolic OH excluding ortho intramolecular Hbond substituents is 1. The van der Waals surface area contributed by atoms with Crippen LogP contribution in [0.3, 0.4) is 0 Å². The van der Waals surface area contributed by atoms with Crippen molar-refractivity contribution in [1.29, 1.82) is 0 Å². The van der Waals surface area contributed by atoms with Crippen LogP contribution < -0.4 is 5.32 Å². The average Bonchev–Trinajstić information content (AvgIpc) is 3.21. The molecule has 7 heteroatoms. The van der Waals surface area contributed by atoms with E-state index < -0.39 is 0 Å². The molecule has 0 radical (unpaired) electrons. The van der Waals surface area contributed by atoms with Crippen LogP contribution in [-0.2, 0) is 7.05 Å². The summed E-state index contributed by atoms with van der Waals surface area (Å²) in [4.78, 5) is 5.58. The largest absolute Gasteiger partial charge is 0.506 e. The highest BCUT2D eigenvalue weighted by Gasteiger charge is 2.22. The fraction of sp³-hybridized carbons (Fsp3) is 0.167. The number of aromatic hydroxyl groups is 3. The number of benzene rings is 1. The van der Waals surface area contributed by atoms with Crippen LogP contribution in [-0.4, -0.2) is 25.6 Å². The van der Waals surface area contributed by atoms with Crippen molar-refractivity contribution in [3.63, 3.8) is 0 Å². The summed E-state index contributed by atoms with van der Waals surface area (Å²) < 4.78 is 1.24. The van der Waals surface area contributed by atoms with Crippen molar-refractivity contribution in [3.05, 3.63) is 46.7 Å². The van der Waals surface area contributed by atoms with Gasteiger partial charge in [-0.1, -0.05) is 25.1 Å². The first kappa shape index (κ1) is 16.9. The minimum absolute atomic E-state index is 0.0362. The molecular weight excluding hydrogens is 338 g/mol. The Morgan fingerprint density at radius 3 is 2.52 bits per heavy atom. The van der Waals surface area contributed by atoms with Gasteiger partial charge < -0.3 is 20.6 Å². The van der Waals surface area contributed by atoms with E-state index in [1.165, 1.54) is 17.7 Å². The molecule has 0 bridgehead atoms. The lowest BCUT2D eigenvalue weighted by atomic mass is 10.2. The van der Waals surface area contributed by atoms with E-state index in [0.717, 1.165) is 10.6 Å². The quantitative estimate of drug-likeness (QED) is 0.400. The molecule has 2 heterocycles. The predicted octanol–water partition coefficient (Wildman–Crippen LogP) is 4.48. The van der Waals surface area contributed by atoms with Gasteiger partial charge >= 0.3 is 0 Å². The molecule has 0 atom stereocenters. The number of aliphatic imine (C=N–C) groups is 1. The first-order valence-electron chi connectivity index (χ1n) is 7.80. The summed E-state index contributed by atoms with van der Waals surface area (Å²) in [6.07, 6.45) is 0.672. The molecule has 1 aromatic carbocycles. The number of aromatic nitrogens is 1. The van der Waals surface area contributed by atoms with Gasteiger partial charge in [0.2, 0.25) is 11.8 Å². The summed E-state index contributed by atoms with van der Waals surface area (Å²) >= 11 is 1.56. The van der Waals surface area contributed by atoms with Gasteiger partial charge in [-0.25, -0.2) is 4.99 Å². The van der Waals surface area contributed by atoms with E-state index in [2.05, 4.69) is 10.3 Å². The van der Waals surface area contributed by atoms with E-state index >= 15 is 0 Å². The Labute approximate surface area is 149 Å². The van der Waals surface area contributed by atoms with E-state index in [-0.39, 0.29) is 28.9 Å². The molecule has 0 spiro atoms. The Morgan fingerprint density at radius 1 is 1.12 bits per heavy atom. The lowest BCUT2D eigenvalue weighted by molar-refractivity contribution is 0.388. The summed E-state index contributed by atoms with van der Waals surface area (Å²) in [6, 6.07) is 10.6. The number of hydrogen-bond donors (Lipinski definition) is 4. The Balaban J connectivity index is 2.11. The molecule has 130 valence electrons. The molecule has 0 saturated carbocycles. The Hall–Kier alpha value is -2.93. The van der Waals surface area contributed by atoms with Crippen LogP contribution in [0.4, 0.5) is 17.1 Å². The highest BCUT2D eigenvalue weighted by Crippen LogP contribution is 2.47. The van der Waals surface area contributed by atoms with E-state index in [0.29, 0.717) is 12.1 Å². The maximum atomic E-state index is 10.4. The van der Waals surface area contributed by atoms with Crippen LogP contribution in [0.1, 0.15) is 18.2 Å². The Bertz CT molecular complexity index is 914. The monoisotopic (exact) mass is 357 g/mol. The van der Waals surface area contributed by atoms with Crippen molar-refractivity contribution < 1.29 is 15.3 Å². The smallest absolute Gasteiger partial charge is 0.222 e. The first-order chi connectivity index (χ1) is 12.0. The third-order valence-electron chi connectivity index (χ3n) is 3.86. The van der Waals surface area contributed by atoms with Crippen LogP contribution in [0, 0.1) is 0 Å². The molecule has 0 saturated heterocycles. The van der Waals surface area contributed by atoms with Crippen molar-refractivity contribution in [3.8, 4) is 17.5 Å². The third-order valence-corrected chi connectivity index (χ3v) is 4.78. The topological polar surface area (TPSA) is 90.0 Å². The fourth-order valence-electron chi connectivity index (χ4n) is 2.47. The molecule has 0 amide bonds.